The second-order valence-corrected chi connectivity index (χ2v) is 8.34. The van der Waals surface area contributed by atoms with Crippen molar-refractivity contribution in [2.75, 3.05) is 22.2 Å². The van der Waals surface area contributed by atoms with Crippen LogP contribution in [0.5, 0.6) is 0 Å². The zero-order valence-electron chi connectivity index (χ0n) is 18.9. The maximum absolute atomic E-state index is 11.4. The lowest BCUT2D eigenvalue weighted by atomic mass is 9.91. The van der Waals surface area contributed by atoms with Crippen LogP contribution < -0.4 is 15.6 Å². The number of hydrogen-bond acceptors (Lipinski definition) is 6. The van der Waals surface area contributed by atoms with E-state index in [1.807, 2.05) is 122 Å². The van der Waals surface area contributed by atoms with E-state index in [4.69, 9.17) is 9.68 Å². The van der Waals surface area contributed by atoms with E-state index in [0.717, 1.165) is 27.6 Å². The van der Waals surface area contributed by atoms with Gasteiger partial charge < -0.3 is 0 Å². The lowest BCUT2D eigenvalue weighted by Gasteiger charge is -2.36. The fraction of sp³-hybridized carbons (Fsp3) is 0.143. The van der Waals surface area contributed by atoms with Crippen molar-refractivity contribution >= 4 is 17.1 Å². The van der Waals surface area contributed by atoms with Crippen LogP contribution in [0.1, 0.15) is 11.1 Å². The van der Waals surface area contributed by atoms with Crippen LogP contribution in [-0.4, -0.2) is 18.0 Å². The molecule has 0 unspecified atom stereocenters. The molecule has 1 aliphatic rings. The average Bonchev–Trinajstić information content (AvgIpc) is 3.30. The summed E-state index contributed by atoms with van der Waals surface area (Å²) in [6.07, 6.45) is -0.881. The van der Waals surface area contributed by atoms with E-state index in [0.29, 0.717) is 12.2 Å². The lowest BCUT2D eigenvalue weighted by molar-refractivity contribution is -0.101. The minimum atomic E-state index is -1.08. The average molecular weight is 454 g/mol. The van der Waals surface area contributed by atoms with Crippen LogP contribution in [0.15, 0.2) is 115 Å². The molecule has 1 saturated heterocycles. The zero-order chi connectivity index (χ0) is 23.4. The molecule has 0 amide bonds. The Kier molecular flexibility index (Phi) is 6.18. The van der Waals surface area contributed by atoms with Gasteiger partial charge in [0, 0.05) is 0 Å². The Morgan fingerprint density at radius 3 is 2.09 bits per heavy atom. The maximum atomic E-state index is 11.4. The summed E-state index contributed by atoms with van der Waals surface area (Å²) in [7, 11) is 0. The quantitative estimate of drug-likeness (QED) is 0.340. The number of rotatable bonds is 7. The molecular formula is C28H27N3O3. The van der Waals surface area contributed by atoms with Crippen LogP contribution in [0.2, 0.25) is 0 Å². The van der Waals surface area contributed by atoms with E-state index in [9.17, 15) is 5.21 Å². The molecule has 0 bridgehead atoms. The Labute approximate surface area is 199 Å². The molecule has 6 nitrogen and oxygen atoms in total. The standard InChI is InChI=1S/C28H27N3O3/c1-22-17-19-23(20-18-22)28(34-29-24-11-5-2-6-12-24)21-30(25-13-7-3-8-14-25)33-27(28)31(32)26-15-9-4-10-16-26/h2-20,27,29,32H,21H2,1H3/t27-,28+/m0/s1. The Morgan fingerprint density at radius 2 is 1.44 bits per heavy atom. The van der Waals surface area contributed by atoms with Crippen LogP contribution >= 0.6 is 0 Å². The number of hydrogen-bond donors (Lipinski definition) is 2. The molecule has 172 valence electrons. The third kappa shape index (κ3) is 4.34. The van der Waals surface area contributed by atoms with Gasteiger partial charge in [0.25, 0.3) is 0 Å². The van der Waals surface area contributed by atoms with Crippen molar-refractivity contribution in [3.05, 3.63) is 126 Å². The van der Waals surface area contributed by atoms with Crippen molar-refractivity contribution in [2.24, 2.45) is 0 Å². The summed E-state index contributed by atoms with van der Waals surface area (Å²) in [6.45, 7) is 2.38. The minimum absolute atomic E-state index is 0.342. The van der Waals surface area contributed by atoms with Crippen molar-refractivity contribution in [1.82, 2.24) is 0 Å². The van der Waals surface area contributed by atoms with Gasteiger partial charge in [0.1, 0.15) is 0 Å². The molecule has 4 aromatic carbocycles. The number of para-hydroxylation sites is 3. The molecule has 0 aromatic heterocycles. The summed E-state index contributed by atoms with van der Waals surface area (Å²) in [5.41, 5.74) is 6.30. The molecule has 5 rings (SSSR count). The summed E-state index contributed by atoms with van der Waals surface area (Å²) < 4.78 is 0. The predicted octanol–water partition coefficient (Wildman–Crippen LogP) is 5.91. The third-order valence-electron chi connectivity index (χ3n) is 5.96. The summed E-state index contributed by atoms with van der Waals surface area (Å²) in [4.78, 5) is 12.9. The smallest absolute Gasteiger partial charge is 0.218 e. The van der Waals surface area contributed by atoms with E-state index in [1.54, 1.807) is 5.06 Å². The molecule has 1 aliphatic heterocycles. The predicted molar refractivity (Wildman–Crippen MR) is 133 cm³/mol. The van der Waals surface area contributed by atoms with Gasteiger partial charge in [0.05, 0.1) is 23.6 Å². The van der Waals surface area contributed by atoms with Gasteiger partial charge in [0.2, 0.25) is 6.23 Å². The van der Waals surface area contributed by atoms with E-state index < -0.39 is 11.8 Å². The number of nitrogens with zero attached hydrogens (tertiary/aromatic N) is 2. The van der Waals surface area contributed by atoms with Gasteiger partial charge in [-0.2, -0.15) is 0 Å². The molecule has 0 spiro atoms. The van der Waals surface area contributed by atoms with E-state index >= 15 is 0 Å². The molecule has 34 heavy (non-hydrogen) atoms. The van der Waals surface area contributed by atoms with Crippen molar-refractivity contribution in [1.29, 1.82) is 0 Å². The number of aryl methyl sites for hydroxylation is 1. The van der Waals surface area contributed by atoms with Crippen LogP contribution in [-0.2, 0) is 15.3 Å². The molecule has 0 saturated carbocycles. The summed E-state index contributed by atoms with van der Waals surface area (Å²) in [6, 6.07) is 36.9. The molecule has 6 heteroatoms. The Bertz CT molecular complexity index is 1190. The first-order valence-electron chi connectivity index (χ1n) is 11.2. The molecule has 1 fully saturated rings. The van der Waals surface area contributed by atoms with Gasteiger partial charge in [0.15, 0.2) is 5.60 Å². The summed E-state index contributed by atoms with van der Waals surface area (Å²) in [5.74, 6) is 0. The highest BCUT2D eigenvalue weighted by atomic mass is 16.8. The SMILES string of the molecule is Cc1ccc([C@]2(ONc3ccccc3)CN(c3ccccc3)O[C@@H]2N(O)c2ccccc2)cc1. The monoisotopic (exact) mass is 453 g/mol. The molecule has 0 radical (unpaired) electrons. The number of benzene rings is 4. The highest BCUT2D eigenvalue weighted by Gasteiger charge is 2.55. The molecule has 0 aliphatic carbocycles. The minimum Gasteiger partial charge on any atom is -0.286 e. The van der Waals surface area contributed by atoms with Crippen LogP contribution in [0.4, 0.5) is 17.1 Å². The van der Waals surface area contributed by atoms with E-state index in [2.05, 4.69) is 5.48 Å². The van der Waals surface area contributed by atoms with Crippen molar-refractivity contribution in [3.63, 3.8) is 0 Å². The third-order valence-corrected chi connectivity index (χ3v) is 5.96. The highest BCUT2D eigenvalue weighted by Crippen LogP contribution is 2.42. The summed E-state index contributed by atoms with van der Waals surface area (Å²) in [5, 5.41) is 14.3. The fourth-order valence-electron chi connectivity index (χ4n) is 4.11. The van der Waals surface area contributed by atoms with E-state index in [1.165, 1.54) is 0 Å². The normalized spacial score (nSPS) is 19.7. The largest absolute Gasteiger partial charge is 0.286 e. The van der Waals surface area contributed by atoms with Crippen molar-refractivity contribution < 1.29 is 14.9 Å². The zero-order valence-corrected chi connectivity index (χ0v) is 18.9. The maximum Gasteiger partial charge on any atom is 0.218 e. The van der Waals surface area contributed by atoms with Crippen molar-refractivity contribution in [2.45, 2.75) is 18.8 Å². The van der Waals surface area contributed by atoms with Crippen LogP contribution in [0.25, 0.3) is 0 Å². The van der Waals surface area contributed by atoms with Crippen LogP contribution in [0, 0.1) is 6.92 Å². The first-order valence-corrected chi connectivity index (χ1v) is 11.2. The first kappa shape index (κ1) is 22.0. The first-order chi connectivity index (χ1) is 16.7. The Hall–Kier alpha value is -3.84. The van der Waals surface area contributed by atoms with Gasteiger partial charge in [-0.3, -0.25) is 15.5 Å². The van der Waals surface area contributed by atoms with Gasteiger partial charge in [-0.25, -0.2) is 15.0 Å². The van der Waals surface area contributed by atoms with Crippen LogP contribution in [0.3, 0.4) is 0 Å². The Balaban J connectivity index is 1.59. The summed E-state index contributed by atoms with van der Waals surface area (Å²) >= 11 is 0. The number of anilines is 3. The number of hydroxylamine groups is 2. The highest BCUT2D eigenvalue weighted by molar-refractivity contribution is 5.50. The molecular weight excluding hydrogens is 426 g/mol. The Morgan fingerprint density at radius 1 is 0.853 bits per heavy atom. The van der Waals surface area contributed by atoms with Gasteiger partial charge in [-0.15, -0.1) is 0 Å². The number of nitrogens with one attached hydrogen (secondary N) is 1. The van der Waals surface area contributed by atoms with Gasteiger partial charge >= 0.3 is 0 Å². The molecule has 2 atom stereocenters. The lowest BCUT2D eigenvalue weighted by Crippen LogP contribution is -2.51. The van der Waals surface area contributed by atoms with Gasteiger partial charge in [-0.1, -0.05) is 84.4 Å². The topological polar surface area (TPSA) is 57.2 Å². The fourth-order valence-corrected chi connectivity index (χ4v) is 4.11. The van der Waals surface area contributed by atoms with Gasteiger partial charge in [-0.05, 0) is 48.9 Å². The second kappa shape index (κ2) is 9.57. The molecule has 2 N–H and O–H groups in total. The molecule has 4 aromatic rings. The second-order valence-electron chi connectivity index (χ2n) is 8.34. The molecule has 1 heterocycles. The van der Waals surface area contributed by atoms with E-state index in [-0.39, 0.29) is 0 Å². The van der Waals surface area contributed by atoms with Crippen molar-refractivity contribution in [3.8, 4) is 0 Å².